The van der Waals surface area contributed by atoms with E-state index in [0.717, 1.165) is 31.5 Å². The zero-order chi connectivity index (χ0) is 15.4. The minimum atomic E-state index is -0.167. The molecule has 1 aliphatic heterocycles. The van der Waals surface area contributed by atoms with Gasteiger partial charge in [0.1, 0.15) is 6.04 Å². The van der Waals surface area contributed by atoms with Crippen LogP contribution in [0, 0.1) is 13.8 Å². The number of nitrogens with one attached hydrogen (secondary N) is 1. The van der Waals surface area contributed by atoms with Crippen molar-refractivity contribution in [2.24, 2.45) is 0 Å². The summed E-state index contributed by atoms with van der Waals surface area (Å²) >= 11 is 0. The Balaban J connectivity index is 2.02. The van der Waals surface area contributed by atoms with E-state index in [2.05, 4.69) is 49.2 Å². The predicted octanol–water partition coefficient (Wildman–Crippen LogP) is 3.89. The molecule has 1 saturated heterocycles. The average Bonchev–Trinajstić information content (AvgIpc) is 2.50. The van der Waals surface area contributed by atoms with Gasteiger partial charge in [0, 0.05) is 18.3 Å². The van der Waals surface area contributed by atoms with Gasteiger partial charge in [0.15, 0.2) is 0 Å². The summed E-state index contributed by atoms with van der Waals surface area (Å²) in [7, 11) is 0. The van der Waals surface area contributed by atoms with E-state index in [1.165, 1.54) is 17.5 Å². The number of likely N-dealkylation sites (tertiary alicyclic amines) is 1. The van der Waals surface area contributed by atoms with Gasteiger partial charge >= 0.3 is 0 Å². The number of anilines is 1. The van der Waals surface area contributed by atoms with Crippen LogP contribution in [0.3, 0.4) is 0 Å². The van der Waals surface area contributed by atoms with E-state index < -0.39 is 0 Å². The van der Waals surface area contributed by atoms with E-state index in [1.807, 2.05) is 6.92 Å². The SMILES string of the molecule is CCC1CCCCN1C(=O)C(C)Nc1ccc(C)c(C)c1. The van der Waals surface area contributed by atoms with Gasteiger partial charge in [-0.1, -0.05) is 13.0 Å². The summed E-state index contributed by atoms with van der Waals surface area (Å²) in [6, 6.07) is 6.53. The van der Waals surface area contributed by atoms with E-state index in [4.69, 9.17) is 0 Å². The predicted molar refractivity (Wildman–Crippen MR) is 88.6 cm³/mol. The molecule has 0 aromatic heterocycles. The second kappa shape index (κ2) is 6.97. The number of hydrogen-bond acceptors (Lipinski definition) is 2. The first-order chi connectivity index (χ1) is 10.0. The van der Waals surface area contributed by atoms with Crippen molar-refractivity contribution < 1.29 is 4.79 Å². The van der Waals surface area contributed by atoms with E-state index in [0.29, 0.717) is 6.04 Å². The molecule has 21 heavy (non-hydrogen) atoms. The van der Waals surface area contributed by atoms with Crippen molar-refractivity contribution in [1.82, 2.24) is 4.90 Å². The lowest BCUT2D eigenvalue weighted by Gasteiger charge is -2.37. The Kier molecular flexibility index (Phi) is 5.27. The van der Waals surface area contributed by atoms with Gasteiger partial charge in [-0.05, 0) is 69.7 Å². The largest absolute Gasteiger partial charge is 0.374 e. The molecule has 0 saturated carbocycles. The second-order valence-electron chi connectivity index (χ2n) is 6.25. The zero-order valence-electron chi connectivity index (χ0n) is 13.8. The van der Waals surface area contributed by atoms with Crippen molar-refractivity contribution in [3.63, 3.8) is 0 Å². The molecule has 1 amide bonds. The maximum Gasteiger partial charge on any atom is 0.245 e. The van der Waals surface area contributed by atoms with Crippen LogP contribution in [0.2, 0.25) is 0 Å². The van der Waals surface area contributed by atoms with Gasteiger partial charge in [-0.15, -0.1) is 0 Å². The lowest BCUT2D eigenvalue weighted by Crippen LogP contribution is -2.49. The standard InChI is InChI=1S/C18H28N2O/c1-5-17-8-6-7-11-20(17)18(21)15(4)19-16-10-9-13(2)14(3)12-16/h9-10,12,15,17,19H,5-8,11H2,1-4H3. The molecule has 2 atom stereocenters. The molecule has 1 N–H and O–H groups in total. The minimum absolute atomic E-state index is 0.167. The van der Waals surface area contributed by atoms with Crippen LogP contribution in [0.4, 0.5) is 5.69 Å². The molecule has 1 aliphatic rings. The first kappa shape index (κ1) is 15.9. The summed E-state index contributed by atoms with van der Waals surface area (Å²) in [6.45, 7) is 9.27. The maximum atomic E-state index is 12.7. The Labute approximate surface area is 128 Å². The van der Waals surface area contributed by atoms with Gasteiger partial charge < -0.3 is 10.2 Å². The molecule has 0 radical (unpaired) electrons. The molecule has 1 heterocycles. The summed E-state index contributed by atoms with van der Waals surface area (Å²) in [5.74, 6) is 0.236. The zero-order valence-corrected chi connectivity index (χ0v) is 13.8. The molecule has 2 rings (SSSR count). The van der Waals surface area contributed by atoms with Crippen LogP contribution in [0.25, 0.3) is 0 Å². The molecule has 1 fully saturated rings. The van der Waals surface area contributed by atoms with E-state index in [9.17, 15) is 4.79 Å². The monoisotopic (exact) mass is 288 g/mol. The number of hydrogen-bond donors (Lipinski definition) is 1. The summed E-state index contributed by atoms with van der Waals surface area (Å²) in [6.07, 6.45) is 4.60. The Morgan fingerprint density at radius 2 is 2.10 bits per heavy atom. The fourth-order valence-corrected chi connectivity index (χ4v) is 3.11. The minimum Gasteiger partial charge on any atom is -0.374 e. The summed E-state index contributed by atoms with van der Waals surface area (Å²) in [5.41, 5.74) is 3.56. The lowest BCUT2D eigenvalue weighted by atomic mass is 9.99. The van der Waals surface area contributed by atoms with Crippen molar-refractivity contribution in [1.29, 1.82) is 0 Å². The molecule has 2 unspecified atom stereocenters. The van der Waals surface area contributed by atoms with Crippen molar-refractivity contribution in [2.75, 3.05) is 11.9 Å². The highest BCUT2D eigenvalue weighted by Crippen LogP contribution is 2.21. The van der Waals surface area contributed by atoms with Gasteiger partial charge in [-0.25, -0.2) is 0 Å². The van der Waals surface area contributed by atoms with Gasteiger partial charge in [0.25, 0.3) is 0 Å². The molecule has 0 aliphatic carbocycles. The van der Waals surface area contributed by atoms with E-state index in [-0.39, 0.29) is 11.9 Å². The molecule has 1 aromatic rings. The fourth-order valence-electron chi connectivity index (χ4n) is 3.11. The van der Waals surface area contributed by atoms with Gasteiger partial charge in [-0.3, -0.25) is 4.79 Å². The quantitative estimate of drug-likeness (QED) is 0.911. The van der Waals surface area contributed by atoms with Gasteiger partial charge in [0.2, 0.25) is 5.91 Å². The Morgan fingerprint density at radius 1 is 1.33 bits per heavy atom. The smallest absolute Gasteiger partial charge is 0.245 e. The van der Waals surface area contributed by atoms with Crippen LogP contribution in [0.15, 0.2) is 18.2 Å². The summed E-state index contributed by atoms with van der Waals surface area (Å²) in [5, 5.41) is 3.36. The summed E-state index contributed by atoms with van der Waals surface area (Å²) in [4.78, 5) is 14.8. The Morgan fingerprint density at radius 3 is 2.76 bits per heavy atom. The lowest BCUT2D eigenvalue weighted by molar-refractivity contribution is -0.135. The van der Waals surface area contributed by atoms with Crippen LogP contribution in [0.1, 0.15) is 50.7 Å². The maximum absolute atomic E-state index is 12.7. The number of amides is 1. The number of carbonyl (C=O) groups excluding carboxylic acids is 1. The number of carbonyl (C=O) groups is 1. The van der Waals surface area contributed by atoms with Gasteiger partial charge in [-0.2, -0.15) is 0 Å². The highest BCUT2D eigenvalue weighted by Gasteiger charge is 2.28. The van der Waals surface area contributed by atoms with Crippen molar-refractivity contribution in [2.45, 2.75) is 65.5 Å². The van der Waals surface area contributed by atoms with E-state index in [1.54, 1.807) is 0 Å². The number of piperidine rings is 1. The molecule has 1 aromatic carbocycles. The normalized spacial score (nSPS) is 20.2. The number of aryl methyl sites for hydroxylation is 2. The first-order valence-electron chi connectivity index (χ1n) is 8.17. The molecule has 116 valence electrons. The Bertz CT molecular complexity index is 498. The summed E-state index contributed by atoms with van der Waals surface area (Å²) < 4.78 is 0. The molecule has 3 nitrogen and oxygen atoms in total. The van der Waals surface area contributed by atoms with Crippen molar-refractivity contribution in [3.05, 3.63) is 29.3 Å². The highest BCUT2D eigenvalue weighted by atomic mass is 16.2. The average molecular weight is 288 g/mol. The van der Waals surface area contributed by atoms with Crippen LogP contribution in [-0.4, -0.2) is 29.4 Å². The second-order valence-corrected chi connectivity index (χ2v) is 6.25. The third-order valence-corrected chi connectivity index (χ3v) is 4.64. The first-order valence-corrected chi connectivity index (χ1v) is 8.17. The fraction of sp³-hybridized carbons (Fsp3) is 0.611. The van der Waals surface area contributed by atoms with Crippen LogP contribution >= 0.6 is 0 Å². The number of benzene rings is 1. The number of rotatable bonds is 4. The molecule has 3 heteroatoms. The highest BCUT2D eigenvalue weighted by molar-refractivity contribution is 5.84. The van der Waals surface area contributed by atoms with E-state index >= 15 is 0 Å². The third-order valence-electron chi connectivity index (χ3n) is 4.64. The molecule has 0 bridgehead atoms. The van der Waals surface area contributed by atoms with Crippen LogP contribution in [0.5, 0.6) is 0 Å². The topological polar surface area (TPSA) is 32.3 Å². The van der Waals surface area contributed by atoms with Crippen molar-refractivity contribution >= 4 is 11.6 Å². The molecule has 0 spiro atoms. The van der Waals surface area contributed by atoms with Crippen LogP contribution < -0.4 is 5.32 Å². The van der Waals surface area contributed by atoms with Crippen molar-refractivity contribution in [3.8, 4) is 0 Å². The molecular formula is C18H28N2O. The third kappa shape index (κ3) is 3.78. The Hall–Kier alpha value is -1.51. The number of nitrogens with zero attached hydrogens (tertiary/aromatic N) is 1. The van der Waals surface area contributed by atoms with Crippen LogP contribution in [-0.2, 0) is 4.79 Å². The van der Waals surface area contributed by atoms with Gasteiger partial charge in [0.05, 0.1) is 0 Å². The molecular weight excluding hydrogens is 260 g/mol.